The minimum Gasteiger partial charge on any atom is -0.435 e. The SMILES string of the molecule is Cc1ccc(-n2cnnc2SCC(=O)N(C)Cc2ccc(OC(F)F)cc2)c(C)c1. The lowest BCUT2D eigenvalue weighted by Gasteiger charge is -2.17. The van der Waals surface area contributed by atoms with Gasteiger partial charge in [0.1, 0.15) is 12.1 Å². The molecule has 0 aliphatic carbocycles. The Labute approximate surface area is 177 Å². The fourth-order valence-corrected chi connectivity index (χ4v) is 3.80. The van der Waals surface area contributed by atoms with Crippen LogP contribution in [-0.2, 0) is 11.3 Å². The highest BCUT2D eigenvalue weighted by molar-refractivity contribution is 7.99. The van der Waals surface area contributed by atoms with Gasteiger partial charge in [-0.1, -0.05) is 41.6 Å². The number of hydrogen-bond acceptors (Lipinski definition) is 5. The van der Waals surface area contributed by atoms with Gasteiger partial charge in [0.25, 0.3) is 0 Å². The molecular weight excluding hydrogens is 410 g/mol. The van der Waals surface area contributed by atoms with Gasteiger partial charge in [0.15, 0.2) is 5.16 Å². The number of ether oxygens (including phenoxy) is 1. The number of rotatable bonds is 8. The zero-order valence-electron chi connectivity index (χ0n) is 16.9. The van der Waals surface area contributed by atoms with Gasteiger partial charge < -0.3 is 9.64 Å². The van der Waals surface area contributed by atoms with Crippen LogP contribution in [0.1, 0.15) is 16.7 Å². The van der Waals surface area contributed by atoms with Gasteiger partial charge >= 0.3 is 6.61 Å². The van der Waals surface area contributed by atoms with Gasteiger partial charge in [-0.2, -0.15) is 8.78 Å². The van der Waals surface area contributed by atoms with E-state index in [-0.39, 0.29) is 17.4 Å². The highest BCUT2D eigenvalue weighted by Gasteiger charge is 2.15. The highest BCUT2D eigenvalue weighted by Crippen LogP contribution is 2.23. The second kappa shape index (κ2) is 9.71. The van der Waals surface area contributed by atoms with Crippen LogP contribution in [0.5, 0.6) is 5.75 Å². The van der Waals surface area contributed by atoms with E-state index in [4.69, 9.17) is 0 Å². The predicted molar refractivity (Wildman–Crippen MR) is 111 cm³/mol. The van der Waals surface area contributed by atoms with Crippen molar-refractivity contribution in [3.63, 3.8) is 0 Å². The number of carbonyl (C=O) groups is 1. The number of halogens is 2. The molecule has 30 heavy (non-hydrogen) atoms. The number of aromatic nitrogens is 3. The maximum atomic E-state index is 12.5. The van der Waals surface area contributed by atoms with Crippen LogP contribution in [0.15, 0.2) is 53.9 Å². The Balaban J connectivity index is 1.59. The number of nitrogens with zero attached hydrogens (tertiary/aromatic N) is 4. The first-order valence-electron chi connectivity index (χ1n) is 9.21. The summed E-state index contributed by atoms with van der Waals surface area (Å²) < 4.78 is 30.7. The summed E-state index contributed by atoms with van der Waals surface area (Å²) in [6.45, 7) is 1.56. The minimum atomic E-state index is -2.86. The molecule has 0 bridgehead atoms. The van der Waals surface area contributed by atoms with Crippen molar-refractivity contribution in [2.45, 2.75) is 32.2 Å². The van der Waals surface area contributed by atoms with Crippen molar-refractivity contribution in [2.75, 3.05) is 12.8 Å². The van der Waals surface area contributed by atoms with Crippen molar-refractivity contribution in [2.24, 2.45) is 0 Å². The summed E-state index contributed by atoms with van der Waals surface area (Å²) in [5.74, 6) is 0.208. The van der Waals surface area contributed by atoms with E-state index in [2.05, 4.69) is 21.0 Å². The normalized spacial score (nSPS) is 11.0. The Morgan fingerprint density at radius 3 is 2.60 bits per heavy atom. The average Bonchev–Trinajstić information content (AvgIpc) is 3.15. The fourth-order valence-electron chi connectivity index (χ4n) is 2.94. The van der Waals surface area contributed by atoms with Gasteiger partial charge in [0.2, 0.25) is 5.91 Å². The van der Waals surface area contributed by atoms with E-state index in [9.17, 15) is 13.6 Å². The van der Waals surface area contributed by atoms with E-state index < -0.39 is 6.61 Å². The van der Waals surface area contributed by atoms with E-state index in [1.54, 1.807) is 30.4 Å². The molecule has 2 aromatic carbocycles. The molecule has 0 N–H and O–H groups in total. The number of carbonyl (C=O) groups excluding carboxylic acids is 1. The molecule has 0 spiro atoms. The summed E-state index contributed by atoms with van der Waals surface area (Å²) in [4.78, 5) is 14.1. The first-order chi connectivity index (χ1) is 14.3. The lowest BCUT2D eigenvalue weighted by atomic mass is 10.1. The Hall–Kier alpha value is -2.94. The molecule has 0 saturated carbocycles. The molecule has 1 amide bonds. The van der Waals surface area contributed by atoms with Crippen LogP contribution in [0, 0.1) is 13.8 Å². The third-order valence-corrected chi connectivity index (χ3v) is 5.37. The van der Waals surface area contributed by atoms with Crippen molar-refractivity contribution in [3.8, 4) is 11.4 Å². The van der Waals surface area contributed by atoms with E-state index in [1.807, 2.05) is 30.5 Å². The zero-order chi connectivity index (χ0) is 21.7. The first kappa shape index (κ1) is 21.8. The Morgan fingerprint density at radius 1 is 1.20 bits per heavy atom. The summed E-state index contributed by atoms with van der Waals surface area (Å²) in [5.41, 5.74) is 4.06. The number of aryl methyl sites for hydroxylation is 2. The molecule has 0 radical (unpaired) electrons. The lowest BCUT2D eigenvalue weighted by Crippen LogP contribution is -2.27. The molecule has 0 unspecified atom stereocenters. The number of hydrogen-bond donors (Lipinski definition) is 0. The van der Waals surface area contributed by atoms with Gasteiger partial charge in [-0.15, -0.1) is 10.2 Å². The van der Waals surface area contributed by atoms with Gasteiger partial charge in [-0.25, -0.2) is 0 Å². The van der Waals surface area contributed by atoms with Crippen molar-refractivity contribution in [1.82, 2.24) is 19.7 Å². The maximum absolute atomic E-state index is 12.5. The summed E-state index contributed by atoms with van der Waals surface area (Å²) in [6, 6.07) is 12.3. The van der Waals surface area contributed by atoms with E-state index in [0.29, 0.717) is 11.7 Å². The molecule has 3 rings (SSSR count). The van der Waals surface area contributed by atoms with Crippen molar-refractivity contribution < 1.29 is 18.3 Å². The third kappa shape index (κ3) is 5.56. The molecule has 1 heterocycles. The average molecular weight is 432 g/mol. The van der Waals surface area contributed by atoms with Gasteiger partial charge in [0, 0.05) is 13.6 Å². The molecule has 3 aromatic rings. The quantitative estimate of drug-likeness (QED) is 0.499. The topological polar surface area (TPSA) is 60.2 Å². The van der Waals surface area contributed by atoms with E-state index in [0.717, 1.165) is 16.8 Å². The standard InChI is InChI=1S/C21H22F2N4O2S/c1-14-4-9-18(15(2)10-14)27-13-24-25-21(27)30-12-19(28)26(3)11-16-5-7-17(8-6-16)29-20(22)23/h4-10,13,20H,11-12H2,1-3H3. The molecule has 0 saturated heterocycles. The third-order valence-electron chi connectivity index (χ3n) is 4.45. The van der Waals surface area contributed by atoms with Crippen molar-refractivity contribution >= 4 is 17.7 Å². The minimum absolute atomic E-state index is 0.0805. The van der Waals surface area contributed by atoms with Gasteiger partial charge in [-0.05, 0) is 43.2 Å². The second-order valence-electron chi connectivity index (χ2n) is 6.83. The lowest BCUT2D eigenvalue weighted by molar-refractivity contribution is -0.127. The summed E-state index contributed by atoms with van der Waals surface area (Å²) in [7, 11) is 1.70. The smallest absolute Gasteiger partial charge is 0.387 e. The largest absolute Gasteiger partial charge is 0.435 e. The number of benzene rings is 2. The molecule has 0 fully saturated rings. The summed E-state index contributed by atoms with van der Waals surface area (Å²) in [6.07, 6.45) is 1.64. The monoisotopic (exact) mass is 432 g/mol. The summed E-state index contributed by atoms with van der Waals surface area (Å²) in [5, 5.41) is 8.75. The molecular formula is C21H22F2N4O2S. The Bertz CT molecular complexity index is 1010. The summed E-state index contributed by atoms with van der Waals surface area (Å²) >= 11 is 1.31. The van der Waals surface area contributed by atoms with Crippen LogP contribution in [0.4, 0.5) is 8.78 Å². The second-order valence-corrected chi connectivity index (χ2v) is 7.78. The van der Waals surface area contributed by atoms with Crippen LogP contribution in [0.2, 0.25) is 0 Å². The van der Waals surface area contributed by atoms with Crippen LogP contribution in [0.3, 0.4) is 0 Å². The highest BCUT2D eigenvalue weighted by atomic mass is 32.2. The number of alkyl halides is 2. The van der Waals surface area contributed by atoms with E-state index in [1.165, 1.54) is 29.5 Å². The van der Waals surface area contributed by atoms with Gasteiger partial charge in [0.05, 0.1) is 11.4 Å². The first-order valence-corrected chi connectivity index (χ1v) is 10.2. The van der Waals surface area contributed by atoms with Crippen LogP contribution < -0.4 is 4.74 Å². The van der Waals surface area contributed by atoms with Crippen LogP contribution in [0.25, 0.3) is 5.69 Å². The molecule has 0 aliphatic heterocycles. The maximum Gasteiger partial charge on any atom is 0.387 e. The van der Waals surface area contributed by atoms with E-state index >= 15 is 0 Å². The molecule has 6 nitrogen and oxygen atoms in total. The van der Waals surface area contributed by atoms with Crippen molar-refractivity contribution in [3.05, 3.63) is 65.5 Å². The number of amides is 1. The van der Waals surface area contributed by atoms with Crippen LogP contribution in [-0.4, -0.2) is 45.0 Å². The molecule has 1 aromatic heterocycles. The van der Waals surface area contributed by atoms with Crippen molar-refractivity contribution in [1.29, 1.82) is 0 Å². The Kier molecular flexibility index (Phi) is 7.04. The van der Waals surface area contributed by atoms with Crippen LogP contribution >= 0.6 is 11.8 Å². The molecule has 0 atom stereocenters. The predicted octanol–water partition coefficient (Wildman–Crippen LogP) is 4.24. The zero-order valence-corrected chi connectivity index (χ0v) is 17.7. The molecule has 0 aliphatic rings. The molecule has 9 heteroatoms. The molecule has 158 valence electrons. The fraction of sp³-hybridized carbons (Fsp3) is 0.286. The number of thioether (sulfide) groups is 1. The Morgan fingerprint density at radius 2 is 1.93 bits per heavy atom. The van der Waals surface area contributed by atoms with Gasteiger partial charge in [-0.3, -0.25) is 9.36 Å².